The molecule has 1 fully saturated rings. The van der Waals surface area contributed by atoms with Gasteiger partial charge < -0.3 is 9.84 Å². The van der Waals surface area contributed by atoms with Crippen molar-refractivity contribution in [2.75, 3.05) is 19.7 Å². The van der Waals surface area contributed by atoms with Gasteiger partial charge in [-0.15, -0.1) is 0 Å². The summed E-state index contributed by atoms with van der Waals surface area (Å²) in [5, 5.41) is 9.05. The molecule has 1 aromatic carbocycles. The van der Waals surface area contributed by atoms with Crippen molar-refractivity contribution in [2.24, 2.45) is 0 Å². The highest BCUT2D eigenvalue weighted by Gasteiger charge is 2.20. The maximum absolute atomic E-state index is 13.2. The molecule has 3 nitrogen and oxygen atoms in total. The molecule has 0 unspecified atom stereocenters. The molecule has 1 heterocycles. The Morgan fingerprint density at radius 3 is 2.37 bits per heavy atom. The molecule has 0 bridgehead atoms. The summed E-state index contributed by atoms with van der Waals surface area (Å²) in [7, 11) is 0. The lowest BCUT2D eigenvalue weighted by molar-refractivity contribution is 0.0125. The Hall–Kier alpha value is -1.20. The van der Waals surface area contributed by atoms with E-state index in [1.165, 1.54) is 12.1 Å². The highest BCUT2D eigenvalue weighted by molar-refractivity contribution is 5.30. The van der Waals surface area contributed by atoms with Crippen molar-refractivity contribution >= 4 is 0 Å². The third-order valence-corrected chi connectivity index (χ3v) is 3.42. The van der Waals surface area contributed by atoms with Gasteiger partial charge in [0, 0.05) is 26.2 Å². The third kappa shape index (κ3) is 3.64. The van der Waals surface area contributed by atoms with Crippen molar-refractivity contribution in [1.29, 1.82) is 0 Å². The maximum Gasteiger partial charge on any atom is 0.187 e. The van der Waals surface area contributed by atoms with Crippen LogP contribution in [0, 0.1) is 11.6 Å². The molecule has 0 amide bonds. The Kier molecular flexibility index (Phi) is 4.71. The van der Waals surface area contributed by atoms with Crippen LogP contribution in [0.3, 0.4) is 0 Å². The number of aromatic hydroxyl groups is 1. The van der Waals surface area contributed by atoms with Crippen molar-refractivity contribution in [3.8, 4) is 5.75 Å². The molecule has 106 valence electrons. The van der Waals surface area contributed by atoms with Gasteiger partial charge in [-0.3, -0.25) is 4.90 Å². The van der Waals surface area contributed by atoms with Crippen LogP contribution in [0.15, 0.2) is 12.1 Å². The van der Waals surface area contributed by atoms with Gasteiger partial charge in [0.2, 0.25) is 0 Å². The lowest BCUT2D eigenvalue weighted by Gasteiger charge is -2.31. The van der Waals surface area contributed by atoms with Gasteiger partial charge in [-0.25, -0.2) is 8.78 Å². The molecular weight excluding hydrogens is 252 g/mol. The Labute approximate surface area is 111 Å². The van der Waals surface area contributed by atoms with Crippen molar-refractivity contribution in [2.45, 2.75) is 32.4 Å². The minimum Gasteiger partial charge on any atom is -0.503 e. The monoisotopic (exact) mass is 271 g/mol. The third-order valence-electron chi connectivity index (χ3n) is 3.42. The number of nitrogens with zero attached hydrogens (tertiary/aromatic N) is 1. The average molecular weight is 271 g/mol. The zero-order valence-electron chi connectivity index (χ0n) is 11.0. The summed E-state index contributed by atoms with van der Waals surface area (Å²) in [4.78, 5) is 2.14. The quantitative estimate of drug-likeness (QED) is 0.914. The average Bonchev–Trinajstić information content (AvgIpc) is 2.38. The zero-order chi connectivity index (χ0) is 13.8. The first-order valence-corrected chi connectivity index (χ1v) is 6.61. The molecule has 0 radical (unpaired) electrons. The summed E-state index contributed by atoms with van der Waals surface area (Å²) in [6, 6.07) is 2.38. The summed E-state index contributed by atoms with van der Waals surface area (Å²) in [5.41, 5.74) is 0.544. The Bertz CT molecular complexity index is 408. The van der Waals surface area contributed by atoms with E-state index in [0.29, 0.717) is 18.2 Å². The highest BCUT2D eigenvalue weighted by atomic mass is 19.1. The molecule has 0 atom stereocenters. The first-order chi connectivity index (χ1) is 9.10. The predicted molar refractivity (Wildman–Crippen MR) is 67.9 cm³/mol. The van der Waals surface area contributed by atoms with Crippen molar-refractivity contribution in [1.82, 2.24) is 4.90 Å². The Morgan fingerprint density at radius 1 is 1.26 bits per heavy atom. The number of halogens is 2. The zero-order valence-corrected chi connectivity index (χ0v) is 11.0. The van der Waals surface area contributed by atoms with E-state index in [9.17, 15) is 8.78 Å². The van der Waals surface area contributed by atoms with Crippen LogP contribution in [0.5, 0.6) is 5.75 Å². The number of hydrogen-bond donors (Lipinski definition) is 1. The van der Waals surface area contributed by atoms with E-state index in [-0.39, 0.29) is 0 Å². The number of phenolic OH excluding ortho intramolecular Hbond substituents is 1. The standard InChI is InChI=1S/C14H19F2NO2/c1-2-19-11-3-5-17(6-4-11)9-10-7-12(15)14(18)13(16)8-10/h7-8,11,18H,2-6,9H2,1H3. The molecule has 0 aromatic heterocycles. The number of rotatable bonds is 4. The first-order valence-electron chi connectivity index (χ1n) is 6.61. The van der Waals surface area contributed by atoms with Gasteiger partial charge in [-0.1, -0.05) is 0 Å². The van der Waals surface area contributed by atoms with E-state index in [1.54, 1.807) is 0 Å². The largest absolute Gasteiger partial charge is 0.503 e. The van der Waals surface area contributed by atoms with E-state index in [4.69, 9.17) is 9.84 Å². The number of phenols is 1. The Morgan fingerprint density at radius 2 is 1.84 bits per heavy atom. The van der Waals surface area contributed by atoms with E-state index >= 15 is 0 Å². The number of piperidine rings is 1. The number of likely N-dealkylation sites (tertiary alicyclic amines) is 1. The van der Waals surface area contributed by atoms with Gasteiger partial charge in [-0.05, 0) is 37.5 Å². The maximum atomic E-state index is 13.2. The molecule has 5 heteroatoms. The summed E-state index contributed by atoms with van der Waals surface area (Å²) in [5.74, 6) is -2.71. The smallest absolute Gasteiger partial charge is 0.187 e. The molecule has 0 saturated carbocycles. The van der Waals surface area contributed by atoms with Gasteiger partial charge >= 0.3 is 0 Å². The summed E-state index contributed by atoms with van der Waals surface area (Å²) in [6.07, 6.45) is 2.18. The van der Waals surface area contributed by atoms with E-state index < -0.39 is 17.4 Å². The lowest BCUT2D eigenvalue weighted by atomic mass is 10.1. The van der Waals surface area contributed by atoms with E-state index in [1.807, 2.05) is 6.92 Å². The van der Waals surface area contributed by atoms with Crippen LogP contribution in [0.1, 0.15) is 25.3 Å². The van der Waals surface area contributed by atoms with E-state index in [0.717, 1.165) is 32.5 Å². The lowest BCUT2D eigenvalue weighted by Crippen LogP contribution is -2.36. The topological polar surface area (TPSA) is 32.7 Å². The molecule has 0 aliphatic carbocycles. The fraction of sp³-hybridized carbons (Fsp3) is 0.571. The van der Waals surface area contributed by atoms with Crippen LogP contribution >= 0.6 is 0 Å². The molecule has 19 heavy (non-hydrogen) atoms. The fourth-order valence-electron chi connectivity index (χ4n) is 2.44. The van der Waals surface area contributed by atoms with Crippen LogP contribution < -0.4 is 0 Å². The van der Waals surface area contributed by atoms with E-state index in [2.05, 4.69) is 4.90 Å². The van der Waals surface area contributed by atoms with Gasteiger partial charge in [-0.2, -0.15) is 0 Å². The van der Waals surface area contributed by atoms with Gasteiger partial charge in [0.05, 0.1) is 6.10 Å². The van der Waals surface area contributed by atoms with Crippen molar-refractivity contribution in [3.63, 3.8) is 0 Å². The normalized spacial score (nSPS) is 17.8. The Balaban J connectivity index is 1.92. The minimum absolute atomic E-state index is 0.301. The van der Waals surface area contributed by atoms with Crippen LogP contribution in [-0.2, 0) is 11.3 Å². The number of ether oxygens (including phenoxy) is 1. The second-order valence-electron chi connectivity index (χ2n) is 4.84. The summed E-state index contributed by atoms with van der Waals surface area (Å²) >= 11 is 0. The minimum atomic E-state index is -0.904. The van der Waals surface area contributed by atoms with Crippen molar-refractivity contribution < 1.29 is 18.6 Å². The first kappa shape index (κ1) is 14.2. The number of benzene rings is 1. The molecule has 1 aromatic rings. The van der Waals surface area contributed by atoms with Crippen molar-refractivity contribution in [3.05, 3.63) is 29.3 Å². The molecule has 1 aliphatic heterocycles. The highest BCUT2D eigenvalue weighted by Crippen LogP contribution is 2.23. The van der Waals surface area contributed by atoms with Gasteiger partial charge in [0.15, 0.2) is 17.4 Å². The second-order valence-corrected chi connectivity index (χ2v) is 4.84. The van der Waals surface area contributed by atoms with Crippen LogP contribution in [-0.4, -0.2) is 35.8 Å². The van der Waals surface area contributed by atoms with Gasteiger partial charge in [0.25, 0.3) is 0 Å². The molecule has 1 N–H and O–H groups in total. The fourth-order valence-corrected chi connectivity index (χ4v) is 2.44. The molecule has 2 rings (SSSR count). The van der Waals surface area contributed by atoms with Crippen LogP contribution in [0.25, 0.3) is 0 Å². The molecule has 0 spiro atoms. The second kappa shape index (κ2) is 6.30. The van der Waals surface area contributed by atoms with Crippen LogP contribution in [0.2, 0.25) is 0 Å². The molecule has 1 saturated heterocycles. The SMILES string of the molecule is CCOC1CCN(Cc2cc(F)c(O)c(F)c2)CC1. The number of hydrogen-bond acceptors (Lipinski definition) is 3. The summed E-state index contributed by atoms with van der Waals surface area (Å²) < 4.78 is 32.0. The molecular formula is C14H19F2NO2. The predicted octanol–water partition coefficient (Wildman–Crippen LogP) is 2.67. The van der Waals surface area contributed by atoms with Gasteiger partial charge in [0.1, 0.15) is 0 Å². The summed E-state index contributed by atoms with van der Waals surface area (Å²) in [6.45, 7) is 4.91. The molecule has 1 aliphatic rings. The van der Waals surface area contributed by atoms with Crippen LogP contribution in [0.4, 0.5) is 8.78 Å².